The van der Waals surface area contributed by atoms with E-state index in [1.165, 1.54) is 9.77 Å². The van der Waals surface area contributed by atoms with Gasteiger partial charge in [-0.15, -0.1) is 23.1 Å². The Morgan fingerprint density at radius 3 is 2.52 bits per heavy atom. The highest BCUT2D eigenvalue weighted by Gasteiger charge is 2.32. The number of thioether (sulfide) groups is 1. The van der Waals surface area contributed by atoms with Crippen molar-refractivity contribution in [1.82, 2.24) is 14.4 Å². The van der Waals surface area contributed by atoms with Crippen molar-refractivity contribution in [3.05, 3.63) is 79.9 Å². The molecule has 0 spiro atoms. The van der Waals surface area contributed by atoms with Crippen LogP contribution in [-0.2, 0) is 6.42 Å². The molecule has 4 heterocycles. The zero-order valence-corrected chi connectivity index (χ0v) is 20.9. The zero-order valence-electron chi connectivity index (χ0n) is 19.3. The first-order valence-electron chi connectivity index (χ1n) is 11.5. The van der Waals surface area contributed by atoms with Crippen LogP contribution in [0, 0.1) is 6.92 Å². The molecule has 0 saturated carbocycles. The van der Waals surface area contributed by atoms with E-state index in [1.807, 2.05) is 29.7 Å². The quantitative estimate of drug-likeness (QED) is 0.543. The number of amides is 1. The number of pyridine rings is 1. The van der Waals surface area contributed by atoms with Crippen LogP contribution in [-0.4, -0.2) is 52.5 Å². The molecule has 0 aliphatic carbocycles. The first kappa shape index (κ1) is 22.4. The molecule has 2 aliphatic rings. The fourth-order valence-corrected chi connectivity index (χ4v) is 7.09. The molecular weight excluding hydrogens is 450 g/mol. The third kappa shape index (κ3) is 4.18. The van der Waals surface area contributed by atoms with Gasteiger partial charge in [-0.25, -0.2) is 0 Å². The fraction of sp³-hybridized carbons (Fsp3) is 0.385. The Morgan fingerprint density at radius 2 is 1.82 bits per heavy atom. The predicted molar refractivity (Wildman–Crippen MR) is 136 cm³/mol. The van der Waals surface area contributed by atoms with Crippen LogP contribution >= 0.6 is 23.1 Å². The lowest BCUT2D eigenvalue weighted by Gasteiger charge is -2.37. The van der Waals surface area contributed by atoms with E-state index in [0.717, 1.165) is 30.2 Å². The molecule has 1 saturated heterocycles. The van der Waals surface area contributed by atoms with Crippen LogP contribution in [0.2, 0.25) is 0 Å². The van der Waals surface area contributed by atoms with Crippen molar-refractivity contribution in [2.45, 2.75) is 43.4 Å². The van der Waals surface area contributed by atoms with E-state index >= 15 is 0 Å². The van der Waals surface area contributed by atoms with Crippen LogP contribution in [0.1, 0.15) is 45.7 Å². The van der Waals surface area contributed by atoms with Crippen LogP contribution in [0.4, 0.5) is 0 Å². The third-order valence-corrected chi connectivity index (χ3v) is 9.10. The third-order valence-electron chi connectivity index (χ3n) is 6.66. The summed E-state index contributed by atoms with van der Waals surface area (Å²) in [6.07, 6.45) is 0.643. The minimum Gasteiger partial charge on any atom is -0.336 e. The van der Waals surface area contributed by atoms with Crippen molar-refractivity contribution in [3.8, 4) is 5.69 Å². The highest BCUT2D eigenvalue weighted by molar-refractivity contribution is 7.99. The van der Waals surface area contributed by atoms with Gasteiger partial charge in [0.1, 0.15) is 5.56 Å². The highest BCUT2D eigenvalue weighted by Crippen LogP contribution is 2.45. The summed E-state index contributed by atoms with van der Waals surface area (Å²) >= 11 is 3.55. The maximum Gasteiger partial charge on any atom is 0.259 e. The van der Waals surface area contributed by atoms with Gasteiger partial charge >= 0.3 is 0 Å². The van der Waals surface area contributed by atoms with Gasteiger partial charge in [-0.05, 0) is 44.4 Å². The monoisotopic (exact) mass is 479 g/mol. The van der Waals surface area contributed by atoms with Gasteiger partial charge in [0.25, 0.3) is 5.91 Å². The van der Waals surface area contributed by atoms with E-state index in [1.54, 1.807) is 17.4 Å². The molecule has 3 aromatic rings. The number of aromatic nitrogens is 1. The average molecular weight is 480 g/mol. The van der Waals surface area contributed by atoms with Gasteiger partial charge in [-0.3, -0.25) is 14.5 Å². The maximum absolute atomic E-state index is 13.8. The average Bonchev–Trinajstić information content (AvgIpc) is 3.28. The van der Waals surface area contributed by atoms with E-state index < -0.39 is 0 Å². The summed E-state index contributed by atoms with van der Waals surface area (Å²) in [5.74, 6) is -0.124. The number of hydrogen-bond acceptors (Lipinski definition) is 5. The lowest BCUT2D eigenvalue weighted by Crippen LogP contribution is -2.51. The highest BCUT2D eigenvalue weighted by atomic mass is 32.2. The summed E-state index contributed by atoms with van der Waals surface area (Å²) in [5, 5.41) is 2.25. The van der Waals surface area contributed by atoms with Crippen LogP contribution in [0.5, 0.6) is 0 Å². The molecule has 2 aliphatic heterocycles. The number of carbonyl (C=O) groups is 1. The number of rotatable bonds is 3. The fourth-order valence-electron chi connectivity index (χ4n) is 4.90. The molecule has 1 amide bonds. The topological polar surface area (TPSA) is 45.6 Å². The molecule has 1 fully saturated rings. The summed E-state index contributed by atoms with van der Waals surface area (Å²) < 4.78 is 2.15. The van der Waals surface area contributed by atoms with Crippen LogP contribution < -0.4 is 5.43 Å². The molecule has 33 heavy (non-hydrogen) atoms. The molecule has 1 atom stereocenters. The van der Waals surface area contributed by atoms with Crippen molar-refractivity contribution < 1.29 is 4.79 Å². The number of benzene rings is 1. The van der Waals surface area contributed by atoms with Gasteiger partial charge in [0.05, 0.1) is 5.69 Å². The lowest BCUT2D eigenvalue weighted by molar-refractivity contribution is 0.0592. The molecule has 1 aromatic carbocycles. The minimum atomic E-state index is -0.163. The molecule has 1 unspecified atom stereocenters. The maximum atomic E-state index is 13.8. The molecule has 0 radical (unpaired) electrons. The molecule has 7 heteroatoms. The lowest BCUT2D eigenvalue weighted by atomic mass is 10.0. The summed E-state index contributed by atoms with van der Waals surface area (Å²) in [7, 11) is 0. The van der Waals surface area contributed by atoms with Crippen LogP contribution in [0.3, 0.4) is 0 Å². The van der Waals surface area contributed by atoms with Gasteiger partial charge in [-0.1, -0.05) is 18.2 Å². The Labute approximate surface area is 203 Å². The van der Waals surface area contributed by atoms with Gasteiger partial charge < -0.3 is 9.47 Å². The summed E-state index contributed by atoms with van der Waals surface area (Å²) in [6.45, 7) is 9.33. The normalized spacial score (nSPS) is 18.7. The Morgan fingerprint density at radius 1 is 1.06 bits per heavy atom. The number of thiophene rings is 1. The van der Waals surface area contributed by atoms with Crippen molar-refractivity contribution >= 4 is 29.0 Å². The van der Waals surface area contributed by atoms with E-state index in [2.05, 4.69) is 59.0 Å². The minimum absolute atomic E-state index is 0.124. The van der Waals surface area contributed by atoms with Gasteiger partial charge in [0.15, 0.2) is 5.43 Å². The number of piperazine rings is 1. The van der Waals surface area contributed by atoms with E-state index in [-0.39, 0.29) is 16.6 Å². The van der Waals surface area contributed by atoms with Crippen molar-refractivity contribution in [2.75, 3.05) is 26.2 Å². The molecule has 5 rings (SSSR count). The first-order valence-corrected chi connectivity index (χ1v) is 13.3. The SMILES string of the molecule is Cc1cc(=O)c(C(=O)N2CCN(C(C)C)CC2)c2n1-c1ccccc1SC(c1cccs1)C2. The summed E-state index contributed by atoms with van der Waals surface area (Å²) in [6, 6.07) is 14.6. The summed E-state index contributed by atoms with van der Waals surface area (Å²) in [5.41, 5.74) is 2.94. The smallest absolute Gasteiger partial charge is 0.259 e. The van der Waals surface area contributed by atoms with Gasteiger partial charge in [0.2, 0.25) is 0 Å². The predicted octanol–water partition coefficient (Wildman–Crippen LogP) is 4.76. The largest absolute Gasteiger partial charge is 0.336 e. The first-order chi connectivity index (χ1) is 15.9. The standard InChI is InChI=1S/C26H29N3O2S2/c1-17(2)27-10-12-28(13-11-27)26(31)25-20-16-24(23-9-6-14-32-23)33-22-8-5-4-7-19(22)29(20)18(3)15-21(25)30/h4-9,14-15,17,24H,10-13,16H2,1-3H3. The number of para-hydroxylation sites is 1. The van der Waals surface area contributed by atoms with Crippen molar-refractivity contribution in [1.29, 1.82) is 0 Å². The van der Waals surface area contributed by atoms with Crippen LogP contribution in [0.25, 0.3) is 5.69 Å². The van der Waals surface area contributed by atoms with E-state index in [0.29, 0.717) is 31.1 Å². The van der Waals surface area contributed by atoms with E-state index in [4.69, 9.17) is 0 Å². The second-order valence-corrected chi connectivity index (χ2v) is 11.2. The van der Waals surface area contributed by atoms with Gasteiger partial charge in [0, 0.05) is 71.1 Å². The Balaban J connectivity index is 1.62. The Kier molecular flexibility index (Phi) is 6.20. The number of carbonyl (C=O) groups excluding carboxylic acids is 1. The van der Waals surface area contributed by atoms with Crippen molar-refractivity contribution in [2.24, 2.45) is 0 Å². The van der Waals surface area contributed by atoms with Gasteiger partial charge in [-0.2, -0.15) is 0 Å². The molecule has 5 nitrogen and oxygen atoms in total. The van der Waals surface area contributed by atoms with Crippen LogP contribution in [0.15, 0.2) is 57.5 Å². The van der Waals surface area contributed by atoms with Crippen molar-refractivity contribution in [3.63, 3.8) is 0 Å². The Bertz CT molecular complexity index is 1220. The summed E-state index contributed by atoms with van der Waals surface area (Å²) in [4.78, 5) is 33.8. The molecule has 2 aromatic heterocycles. The molecular formula is C26H29N3O2S2. The van der Waals surface area contributed by atoms with E-state index in [9.17, 15) is 9.59 Å². The molecule has 0 bridgehead atoms. The second kappa shape index (κ2) is 9.12. The second-order valence-electron chi connectivity index (χ2n) is 9.02. The zero-order chi connectivity index (χ0) is 23.1. The number of hydrogen-bond donors (Lipinski definition) is 0. The number of aryl methyl sites for hydroxylation is 1. The molecule has 172 valence electrons. The Hall–Kier alpha value is -2.35. The number of nitrogens with zero attached hydrogens (tertiary/aromatic N) is 3. The molecule has 0 N–H and O–H groups in total. The number of fused-ring (bicyclic) bond motifs is 3.